The molecule has 0 fully saturated rings. The average Bonchev–Trinajstić information content (AvgIpc) is 2.55. The van der Waals surface area contributed by atoms with Gasteiger partial charge in [0.2, 0.25) is 0 Å². The molecule has 0 aliphatic rings. The lowest BCUT2D eigenvalue weighted by atomic mass is 10.1. The number of amides is 1. The van der Waals surface area contributed by atoms with Gasteiger partial charge in [0, 0.05) is 18.0 Å². The standard InChI is InChI=1S/C17H19N3O/c1-2-3-4-14-5-7-15(8-6-14)13-19-20-17(21)16-9-11-18-12-10-16/h5-13H,2-4H2,1H3,(H,20,21)/b19-13-. The second-order valence-corrected chi connectivity index (χ2v) is 4.78. The molecule has 0 bridgehead atoms. The van der Waals surface area contributed by atoms with Gasteiger partial charge < -0.3 is 0 Å². The molecule has 21 heavy (non-hydrogen) atoms. The maximum atomic E-state index is 11.8. The number of aromatic nitrogens is 1. The Morgan fingerprint density at radius 3 is 2.57 bits per heavy atom. The highest BCUT2D eigenvalue weighted by molar-refractivity contribution is 5.94. The summed E-state index contributed by atoms with van der Waals surface area (Å²) in [6.45, 7) is 2.19. The van der Waals surface area contributed by atoms with Gasteiger partial charge in [0.1, 0.15) is 0 Å². The van der Waals surface area contributed by atoms with Crippen LogP contribution in [0, 0.1) is 0 Å². The van der Waals surface area contributed by atoms with Crippen LogP contribution in [-0.4, -0.2) is 17.1 Å². The Morgan fingerprint density at radius 1 is 1.19 bits per heavy atom. The normalized spacial score (nSPS) is 10.7. The zero-order valence-corrected chi connectivity index (χ0v) is 12.1. The molecule has 1 heterocycles. The number of unbranched alkanes of at least 4 members (excludes halogenated alkanes) is 1. The van der Waals surface area contributed by atoms with Crippen molar-refractivity contribution in [1.82, 2.24) is 10.4 Å². The van der Waals surface area contributed by atoms with Gasteiger partial charge in [-0.2, -0.15) is 5.10 Å². The summed E-state index contributed by atoms with van der Waals surface area (Å²) in [4.78, 5) is 15.6. The molecular weight excluding hydrogens is 262 g/mol. The summed E-state index contributed by atoms with van der Waals surface area (Å²) in [7, 11) is 0. The van der Waals surface area contributed by atoms with E-state index < -0.39 is 0 Å². The van der Waals surface area contributed by atoms with Crippen LogP contribution in [0.25, 0.3) is 0 Å². The average molecular weight is 281 g/mol. The minimum absolute atomic E-state index is 0.242. The molecule has 1 aromatic heterocycles. The first kappa shape index (κ1) is 14.9. The number of pyridine rings is 1. The Balaban J connectivity index is 1.88. The van der Waals surface area contributed by atoms with Crippen LogP contribution in [0.5, 0.6) is 0 Å². The summed E-state index contributed by atoms with van der Waals surface area (Å²) in [5.41, 5.74) is 5.33. The van der Waals surface area contributed by atoms with E-state index in [1.807, 2.05) is 12.1 Å². The van der Waals surface area contributed by atoms with Crippen LogP contribution in [0.1, 0.15) is 41.3 Å². The number of carbonyl (C=O) groups is 1. The van der Waals surface area contributed by atoms with Crippen molar-refractivity contribution in [2.24, 2.45) is 5.10 Å². The van der Waals surface area contributed by atoms with Crippen molar-refractivity contribution in [1.29, 1.82) is 0 Å². The zero-order chi connectivity index (χ0) is 14.9. The fourth-order valence-electron chi connectivity index (χ4n) is 1.88. The van der Waals surface area contributed by atoms with Crippen molar-refractivity contribution in [2.75, 3.05) is 0 Å². The Kier molecular flexibility index (Phi) is 5.64. The topological polar surface area (TPSA) is 54.4 Å². The molecule has 4 heteroatoms. The SMILES string of the molecule is CCCCc1ccc(/C=N\NC(=O)c2ccncc2)cc1. The highest BCUT2D eigenvalue weighted by Gasteiger charge is 2.01. The van der Waals surface area contributed by atoms with Gasteiger partial charge in [-0.15, -0.1) is 0 Å². The van der Waals surface area contributed by atoms with Gasteiger partial charge in [-0.1, -0.05) is 37.6 Å². The highest BCUT2D eigenvalue weighted by atomic mass is 16.2. The first-order chi connectivity index (χ1) is 10.3. The largest absolute Gasteiger partial charge is 0.271 e. The molecule has 1 amide bonds. The third-order valence-corrected chi connectivity index (χ3v) is 3.12. The fraction of sp³-hybridized carbons (Fsp3) is 0.235. The zero-order valence-electron chi connectivity index (χ0n) is 12.1. The van der Waals surface area contributed by atoms with Gasteiger partial charge in [0.25, 0.3) is 5.91 Å². The molecule has 1 aromatic carbocycles. The lowest BCUT2D eigenvalue weighted by molar-refractivity contribution is 0.0955. The van der Waals surface area contributed by atoms with Crippen LogP contribution in [0.4, 0.5) is 0 Å². The molecule has 108 valence electrons. The smallest absolute Gasteiger partial charge is 0.267 e. The first-order valence-corrected chi connectivity index (χ1v) is 7.12. The molecule has 2 aromatic rings. The van der Waals surface area contributed by atoms with Crippen LogP contribution in [0.3, 0.4) is 0 Å². The quantitative estimate of drug-likeness (QED) is 0.653. The van der Waals surface area contributed by atoms with E-state index in [1.54, 1.807) is 30.7 Å². The fourth-order valence-corrected chi connectivity index (χ4v) is 1.88. The minimum Gasteiger partial charge on any atom is -0.267 e. The van der Waals surface area contributed by atoms with Crippen molar-refractivity contribution < 1.29 is 4.79 Å². The Hall–Kier alpha value is -2.49. The number of nitrogens with one attached hydrogen (secondary N) is 1. The molecule has 1 N–H and O–H groups in total. The van der Waals surface area contributed by atoms with Gasteiger partial charge in [0.05, 0.1) is 6.21 Å². The summed E-state index contributed by atoms with van der Waals surface area (Å²) in [5, 5.41) is 3.96. The van der Waals surface area contributed by atoms with Crippen molar-refractivity contribution >= 4 is 12.1 Å². The molecule has 4 nitrogen and oxygen atoms in total. The number of benzene rings is 1. The third-order valence-electron chi connectivity index (χ3n) is 3.12. The van der Waals surface area contributed by atoms with E-state index in [1.165, 1.54) is 18.4 Å². The molecular formula is C17H19N3O. The number of rotatable bonds is 6. The molecule has 0 saturated heterocycles. The summed E-state index contributed by atoms with van der Waals surface area (Å²) >= 11 is 0. The lowest BCUT2D eigenvalue weighted by Crippen LogP contribution is -2.17. The van der Waals surface area contributed by atoms with Crippen LogP contribution in [0.2, 0.25) is 0 Å². The van der Waals surface area contributed by atoms with Crippen LogP contribution in [-0.2, 0) is 6.42 Å². The van der Waals surface area contributed by atoms with E-state index in [9.17, 15) is 4.79 Å². The summed E-state index contributed by atoms with van der Waals surface area (Å²) in [6.07, 6.45) is 8.30. The van der Waals surface area contributed by atoms with Crippen LogP contribution in [0.15, 0.2) is 53.9 Å². The predicted octanol–water partition coefficient (Wildman–Crippen LogP) is 3.19. The maximum absolute atomic E-state index is 11.8. The number of hydrogen-bond acceptors (Lipinski definition) is 3. The first-order valence-electron chi connectivity index (χ1n) is 7.12. The van der Waals surface area contributed by atoms with E-state index in [2.05, 4.69) is 34.6 Å². The summed E-state index contributed by atoms with van der Waals surface area (Å²) < 4.78 is 0. The molecule has 0 saturated carbocycles. The molecule has 0 spiro atoms. The van der Waals surface area contributed by atoms with Gasteiger partial charge >= 0.3 is 0 Å². The van der Waals surface area contributed by atoms with E-state index in [0.29, 0.717) is 5.56 Å². The second-order valence-electron chi connectivity index (χ2n) is 4.78. The number of hydrogen-bond donors (Lipinski definition) is 1. The van der Waals surface area contributed by atoms with Gasteiger partial charge in [-0.05, 0) is 36.1 Å². The van der Waals surface area contributed by atoms with E-state index >= 15 is 0 Å². The summed E-state index contributed by atoms with van der Waals surface area (Å²) in [5.74, 6) is -0.242. The molecule has 0 atom stereocenters. The van der Waals surface area contributed by atoms with Crippen LogP contribution < -0.4 is 5.43 Å². The minimum atomic E-state index is -0.242. The number of carbonyl (C=O) groups excluding carboxylic acids is 1. The predicted molar refractivity (Wildman–Crippen MR) is 84.4 cm³/mol. The molecule has 0 radical (unpaired) electrons. The highest BCUT2D eigenvalue weighted by Crippen LogP contribution is 2.06. The summed E-state index contributed by atoms with van der Waals surface area (Å²) in [6, 6.07) is 11.5. The van der Waals surface area contributed by atoms with E-state index in [-0.39, 0.29) is 5.91 Å². The van der Waals surface area contributed by atoms with Crippen molar-refractivity contribution in [3.8, 4) is 0 Å². The van der Waals surface area contributed by atoms with Crippen molar-refractivity contribution in [3.63, 3.8) is 0 Å². The lowest BCUT2D eigenvalue weighted by Gasteiger charge is -2.01. The second kappa shape index (κ2) is 7.94. The Bertz CT molecular complexity index is 591. The van der Waals surface area contributed by atoms with E-state index in [4.69, 9.17) is 0 Å². The number of nitrogens with zero attached hydrogens (tertiary/aromatic N) is 2. The van der Waals surface area contributed by atoms with Crippen LogP contribution >= 0.6 is 0 Å². The number of hydrazone groups is 1. The van der Waals surface area contributed by atoms with E-state index in [0.717, 1.165) is 12.0 Å². The molecule has 0 unspecified atom stereocenters. The van der Waals surface area contributed by atoms with Gasteiger partial charge in [0.15, 0.2) is 0 Å². The third kappa shape index (κ3) is 4.84. The van der Waals surface area contributed by atoms with Gasteiger partial charge in [-0.3, -0.25) is 9.78 Å². The molecule has 0 aliphatic carbocycles. The van der Waals surface area contributed by atoms with Crippen molar-refractivity contribution in [3.05, 3.63) is 65.5 Å². The van der Waals surface area contributed by atoms with Crippen molar-refractivity contribution in [2.45, 2.75) is 26.2 Å². The molecule has 0 aliphatic heterocycles. The number of aryl methyl sites for hydroxylation is 1. The maximum Gasteiger partial charge on any atom is 0.271 e. The monoisotopic (exact) mass is 281 g/mol. The molecule has 2 rings (SSSR count). The Morgan fingerprint density at radius 2 is 1.90 bits per heavy atom. The Labute approximate surface area is 124 Å². The van der Waals surface area contributed by atoms with Gasteiger partial charge in [-0.25, -0.2) is 5.43 Å².